The molecule has 4 nitrogen and oxygen atoms in total. The summed E-state index contributed by atoms with van der Waals surface area (Å²) in [7, 11) is 1.48. The number of hydrogen-bond acceptors (Lipinski definition) is 3. The Morgan fingerprint density at radius 3 is 2.76 bits per heavy atom. The molecule has 1 aromatic carbocycles. The summed E-state index contributed by atoms with van der Waals surface area (Å²) in [4.78, 5) is 11.8. The third kappa shape index (κ3) is 2.24. The smallest absolute Gasteiger partial charge is 0.244 e. The molecule has 1 aliphatic carbocycles. The molecular weight excluding hydrogens is 223 g/mol. The number of carbonyl (C=O) groups excluding carboxylic acids is 1. The highest BCUT2D eigenvalue weighted by molar-refractivity contribution is 5.98. The third-order valence-electron chi connectivity index (χ3n) is 3.12. The fraction of sp³-hybridized carbons (Fsp3) is 0.417. The van der Waals surface area contributed by atoms with Crippen LogP contribution in [0.4, 0.5) is 10.1 Å². The van der Waals surface area contributed by atoms with Crippen molar-refractivity contribution in [2.75, 3.05) is 12.4 Å². The lowest BCUT2D eigenvalue weighted by molar-refractivity contribution is -0.123. The van der Waals surface area contributed by atoms with Crippen LogP contribution in [0.5, 0.6) is 5.75 Å². The highest BCUT2D eigenvalue weighted by atomic mass is 19.1. The Bertz CT molecular complexity index is 444. The first-order valence-electron chi connectivity index (χ1n) is 5.49. The van der Waals surface area contributed by atoms with Crippen LogP contribution in [0.1, 0.15) is 19.3 Å². The quantitative estimate of drug-likeness (QED) is 0.841. The highest BCUT2D eigenvalue weighted by Crippen LogP contribution is 2.31. The number of nitrogens with two attached hydrogens (primary N) is 1. The Labute approximate surface area is 98.9 Å². The number of nitrogens with one attached hydrogen (secondary N) is 1. The van der Waals surface area contributed by atoms with E-state index < -0.39 is 11.4 Å². The molecule has 0 saturated heterocycles. The molecule has 0 atom stereocenters. The van der Waals surface area contributed by atoms with Gasteiger partial charge in [-0.3, -0.25) is 4.79 Å². The number of carbonyl (C=O) groups is 1. The van der Waals surface area contributed by atoms with Crippen molar-refractivity contribution in [1.82, 2.24) is 0 Å². The minimum atomic E-state index is -0.838. The number of rotatable bonds is 3. The van der Waals surface area contributed by atoms with Gasteiger partial charge in [-0.2, -0.15) is 0 Å². The van der Waals surface area contributed by atoms with Crippen LogP contribution < -0.4 is 15.8 Å². The van der Waals surface area contributed by atoms with Gasteiger partial charge in [0.1, 0.15) is 11.6 Å². The molecule has 5 heteroatoms. The molecule has 3 N–H and O–H groups in total. The molecule has 1 amide bonds. The molecule has 17 heavy (non-hydrogen) atoms. The molecular formula is C12H15FN2O2. The average Bonchev–Trinajstić information content (AvgIpc) is 2.28. The first-order valence-corrected chi connectivity index (χ1v) is 5.49. The first kappa shape index (κ1) is 11.9. The number of anilines is 1. The van der Waals surface area contributed by atoms with Crippen LogP contribution in [0.2, 0.25) is 0 Å². The third-order valence-corrected chi connectivity index (χ3v) is 3.12. The lowest BCUT2D eigenvalue weighted by atomic mass is 9.77. The summed E-state index contributed by atoms with van der Waals surface area (Å²) in [6, 6.07) is 4.18. The van der Waals surface area contributed by atoms with E-state index in [1.165, 1.54) is 25.3 Å². The number of benzene rings is 1. The molecule has 92 valence electrons. The SMILES string of the molecule is COc1ccc(F)c(NC(=O)C2(N)CCC2)c1. The zero-order valence-corrected chi connectivity index (χ0v) is 9.63. The van der Waals surface area contributed by atoms with Gasteiger partial charge in [0.2, 0.25) is 5.91 Å². The number of ether oxygens (including phenoxy) is 1. The van der Waals surface area contributed by atoms with E-state index in [2.05, 4.69) is 5.32 Å². The van der Waals surface area contributed by atoms with E-state index >= 15 is 0 Å². The maximum atomic E-state index is 13.5. The second-order valence-electron chi connectivity index (χ2n) is 4.31. The van der Waals surface area contributed by atoms with E-state index in [1.807, 2.05) is 0 Å². The van der Waals surface area contributed by atoms with Crippen molar-refractivity contribution < 1.29 is 13.9 Å². The standard InChI is InChI=1S/C12H15FN2O2/c1-17-8-3-4-9(13)10(7-8)15-11(16)12(14)5-2-6-12/h3-4,7H,2,5-6,14H2,1H3,(H,15,16). The van der Waals surface area contributed by atoms with Crippen molar-refractivity contribution in [3.63, 3.8) is 0 Å². The van der Waals surface area contributed by atoms with E-state index in [4.69, 9.17) is 10.5 Å². The summed E-state index contributed by atoms with van der Waals surface area (Å²) in [6.45, 7) is 0. The van der Waals surface area contributed by atoms with Crippen molar-refractivity contribution in [3.8, 4) is 5.75 Å². The van der Waals surface area contributed by atoms with Gasteiger partial charge in [-0.25, -0.2) is 4.39 Å². The van der Waals surface area contributed by atoms with Gasteiger partial charge in [0.05, 0.1) is 18.3 Å². The summed E-state index contributed by atoms with van der Waals surface area (Å²) in [5.41, 5.74) is 5.11. The van der Waals surface area contributed by atoms with E-state index in [1.54, 1.807) is 0 Å². The normalized spacial score (nSPS) is 17.1. The van der Waals surface area contributed by atoms with Gasteiger partial charge in [0.15, 0.2) is 0 Å². The molecule has 1 saturated carbocycles. The number of hydrogen-bond donors (Lipinski definition) is 2. The number of methoxy groups -OCH3 is 1. The Kier molecular flexibility index (Phi) is 3.02. The Morgan fingerprint density at radius 1 is 1.53 bits per heavy atom. The van der Waals surface area contributed by atoms with Crippen LogP contribution in [0.15, 0.2) is 18.2 Å². The molecule has 0 unspecified atom stereocenters. The fourth-order valence-corrected chi connectivity index (χ4v) is 1.76. The Hall–Kier alpha value is -1.62. The molecule has 1 fully saturated rings. The summed E-state index contributed by atoms with van der Waals surface area (Å²) in [5.74, 6) is -0.348. The van der Waals surface area contributed by atoms with Crippen molar-refractivity contribution in [2.45, 2.75) is 24.8 Å². The van der Waals surface area contributed by atoms with Gasteiger partial charge in [-0.1, -0.05) is 0 Å². The molecule has 1 aliphatic rings. The zero-order valence-electron chi connectivity index (χ0n) is 9.63. The van der Waals surface area contributed by atoms with E-state index in [-0.39, 0.29) is 11.6 Å². The van der Waals surface area contributed by atoms with Gasteiger partial charge < -0.3 is 15.8 Å². The average molecular weight is 238 g/mol. The molecule has 0 radical (unpaired) electrons. The van der Waals surface area contributed by atoms with Crippen LogP contribution in [-0.2, 0) is 4.79 Å². The highest BCUT2D eigenvalue weighted by Gasteiger charge is 2.40. The Balaban J connectivity index is 2.15. The van der Waals surface area contributed by atoms with Gasteiger partial charge in [-0.05, 0) is 31.4 Å². The van der Waals surface area contributed by atoms with Gasteiger partial charge in [-0.15, -0.1) is 0 Å². The van der Waals surface area contributed by atoms with E-state index in [9.17, 15) is 9.18 Å². The van der Waals surface area contributed by atoms with Crippen molar-refractivity contribution >= 4 is 11.6 Å². The predicted octanol–water partition coefficient (Wildman–Crippen LogP) is 1.65. The molecule has 0 spiro atoms. The summed E-state index contributed by atoms with van der Waals surface area (Å²) in [5, 5.41) is 2.51. The van der Waals surface area contributed by atoms with Crippen LogP contribution >= 0.6 is 0 Å². The first-order chi connectivity index (χ1) is 8.05. The molecule has 0 aromatic heterocycles. The Morgan fingerprint density at radius 2 is 2.24 bits per heavy atom. The van der Waals surface area contributed by atoms with Crippen LogP contribution in [0.25, 0.3) is 0 Å². The van der Waals surface area contributed by atoms with Crippen molar-refractivity contribution in [2.24, 2.45) is 5.73 Å². The summed E-state index contributed by atoms with van der Waals surface area (Å²) < 4.78 is 18.4. The largest absolute Gasteiger partial charge is 0.497 e. The minimum Gasteiger partial charge on any atom is -0.497 e. The second-order valence-corrected chi connectivity index (χ2v) is 4.31. The fourth-order valence-electron chi connectivity index (χ4n) is 1.76. The van der Waals surface area contributed by atoms with Gasteiger partial charge in [0.25, 0.3) is 0 Å². The van der Waals surface area contributed by atoms with E-state index in [0.717, 1.165) is 6.42 Å². The van der Waals surface area contributed by atoms with Crippen LogP contribution in [0.3, 0.4) is 0 Å². The molecule has 0 heterocycles. The van der Waals surface area contributed by atoms with E-state index in [0.29, 0.717) is 18.6 Å². The lowest BCUT2D eigenvalue weighted by Gasteiger charge is -2.36. The van der Waals surface area contributed by atoms with Crippen molar-refractivity contribution in [3.05, 3.63) is 24.0 Å². The second kappa shape index (κ2) is 4.33. The summed E-state index contributed by atoms with van der Waals surface area (Å²) in [6.07, 6.45) is 2.22. The molecule has 1 aromatic rings. The minimum absolute atomic E-state index is 0.103. The predicted molar refractivity (Wildman–Crippen MR) is 62.4 cm³/mol. The van der Waals surface area contributed by atoms with Crippen LogP contribution in [0, 0.1) is 5.82 Å². The van der Waals surface area contributed by atoms with Crippen LogP contribution in [-0.4, -0.2) is 18.6 Å². The topological polar surface area (TPSA) is 64.3 Å². The maximum absolute atomic E-state index is 13.5. The number of amides is 1. The monoisotopic (exact) mass is 238 g/mol. The molecule has 0 aliphatic heterocycles. The molecule has 2 rings (SSSR count). The number of halogens is 1. The van der Waals surface area contributed by atoms with Gasteiger partial charge in [0, 0.05) is 6.07 Å². The van der Waals surface area contributed by atoms with Gasteiger partial charge >= 0.3 is 0 Å². The summed E-state index contributed by atoms with van der Waals surface area (Å²) >= 11 is 0. The zero-order chi connectivity index (χ0) is 12.5. The lowest BCUT2D eigenvalue weighted by Crippen LogP contribution is -2.56. The van der Waals surface area contributed by atoms with Crippen molar-refractivity contribution in [1.29, 1.82) is 0 Å². The molecule has 0 bridgehead atoms. The maximum Gasteiger partial charge on any atom is 0.244 e.